The molecule has 2 heterocycles. The van der Waals surface area contributed by atoms with Gasteiger partial charge < -0.3 is 5.32 Å². The maximum atomic E-state index is 12.0. The molecule has 0 fully saturated rings. The summed E-state index contributed by atoms with van der Waals surface area (Å²) in [4.78, 5) is 14.0. The molecule has 4 nitrogen and oxygen atoms in total. The quantitative estimate of drug-likeness (QED) is 0.916. The molecule has 0 radical (unpaired) electrons. The van der Waals surface area contributed by atoms with E-state index >= 15 is 0 Å². The maximum absolute atomic E-state index is 12.0. The van der Waals surface area contributed by atoms with Crippen LogP contribution in [-0.2, 0) is 12.8 Å². The molecule has 0 bridgehead atoms. The van der Waals surface area contributed by atoms with Crippen LogP contribution in [0.25, 0.3) is 0 Å². The van der Waals surface area contributed by atoms with Gasteiger partial charge in [-0.3, -0.25) is 4.79 Å². The van der Waals surface area contributed by atoms with Crippen LogP contribution < -0.4 is 5.32 Å². The summed E-state index contributed by atoms with van der Waals surface area (Å²) in [5, 5.41) is 8.99. The van der Waals surface area contributed by atoms with Gasteiger partial charge in [0.25, 0.3) is 5.91 Å². The average molecular weight is 281 g/mol. The van der Waals surface area contributed by atoms with Gasteiger partial charge in [0.1, 0.15) is 4.88 Å². The van der Waals surface area contributed by atoms with Gasteiger partial charge in [-0.15, -0.1) is 16.4 Å². The summed E-state index contributed by atoms with van der Waals surface area (Å²) < 4.78 is 3.83. The summed E-state index contributed by atoms with van der Waals surface area (Å²) in [6, 6.07) is 4.22. The second-order valence-corrected chi connectivity index (χ2v) is 5.85. The first-order valence-electron chi connectivity index (χ1n) is 5.85. The highest BCUT2D eigenvalue weighted by atomic mass is 32.1. The zero-order valence-corrected chi connectivity index (χ0v) is 12.0. The predicted molar refractivity (Wildman–Crippen MR) is 74.2 cm³/mol. The molecule has 0 saturated heterocycles. The van der Waals surface area contributed by atoms with E-state index in [0.717, 1.165) is 30.1 Å². The Bertz CT molecular complexity index is 507. The smallest absolute Gasteiger partial charge is 0.265 e. The third-order valence-corrected chi connectivity index (χ3v) is 4.23. The summed E-state index contributed by atoms with van der Waals surface area (Å²) in [6.45, 7) is 3.99. The highest BCUT2D eigenvalue weighted by molar-refractivity contribution is 7.09. The van der Waals surface area contributed by atoms with Gasteiger partial charge in [0, 0.05) is 17.3 Å². The van der Waals surface area contributed by atoms with Crippen LogP contribution in [-0.4, -0.2) is 21.5 Å². The van der Waals surface area contributed by atoms with Crippen molar-refractivity contribution in [3.63, 3.8) is 0 Å². The predicted octanol–water partition coefficient (Wildman–Crippen LogP) is 2.52. The van der Waals surface area contributed by atoms with Crippen LogP contribution in [0.2, 0.25) is 0 Å². The number of aryl methyl sites for hydroxylation is 1. The van der Waals surface area contributed by atoms with Crippen molar-refractivity contribution >= 4 is 28.8 Å². The van der Waals surface area contributed by atoms with Crippen molar-refractivity contribution in [1.82, 2.24) is 14.9 Å². The van der Waals surface area contributed by atoms with E-state index in [2.05, 4.69) is 21.0 Å². The van der Waals surface area contributed by atoms with E-state index in [4.69, 9.17) is 0 Å². The molecule has 1 atom stereocenters. The molecule has 0 spiro atoms. The summed E-state index contributed by atoms with van der Waals surface area (Å²) in [7, 11) is 0. The van der Waals surface area contributed by atoms with Crippen molar-refractivity contribution in [3.8, 4) is 0 Å². The Morgan fingerprint density at radius 1 is 1.56 bits per heavy atom. The molecule has 0 aliphatic carbocycles. The lowest BCUT2D eigenvalue weighted by Crippen LogP contribution is -2.33. The van der Waals surface area contributed by atoms with E-state index in [0.29, 0.717) is 4.88 Å². The third kappa shape index (κ3) is 3.14. The maximum Gasteiger partial charge on any atom is 0.265 e. The Kier molecular flexibility index (Phi) is 4.43. The van der Waals surface area contributed by atoms with Gasteiger partial charge in [-0.05, 0) is 36.3 Å². The number of carbonyl (C=O) groups excluding carboxylic acids is 1. The van der Waals surface area contributed by atoms with Crippen LogP contribution >= 0.6 is 22.9 Å². The van der Waals surface area contributed by atoms with Crippen LogP contribution in [0, 0.1) is 0 Å². The molecule has 1 amide bonds. The van der Waals surface area contributed by atoms with Gasteiger partial charge in [0.05, 0.1) is 5.69 Å². The third-order valence-electron chi connectivity index (χ3n) is 2.56. The van der Waals surface area contributed by atoms with Gasteiger partial charge >= 0.3 is 0 Å². The van der Waals surface area contributed by atoms with Gasteiger partial charge in [-0.25, -0.2) is 0 Å². The first kappa shape index (κ1) is 13.2. The largest absolute Gasteiger partial charge is 0.348 e. The van der Waals surface area contributed by atoms with Gasteiger partial charge in [-0.2, -0.15) is 0 Å². The normalized spacial score (nSPS) is 12.3. The molecule has 1 N–H and O–H groups in total. The molecule has 0 saturated carbocycles. The van der Waals surface area contributed by atoms with E-state index in [1.807, 2.05) is 25.3 Å². The van der Waals surface area contributed by atoms with E-state index in [1.165, 1.54) is 4.88 Å². The summed E-state index contributed by atoms with van der Waals surface area (Å²) >= 11 is 2.87. The molecular weight excluding hydrogens is 266 g/mol. The summed E-state index contributed by atoms with van der Waals surface area (Å²) in [5.41, 5.74) is 0.779. The summed E-state index contributed by atoms with van der Waals surface area (Å²) in [6.07, 6.45) is 1.59. The minimum atomic E-state index is -0.0640. The van der Waals surface area contributed by atoms with Crippen LogP contribution in [0.5, 0.6) is 0 Å². The summed E-state index contributed by atoms with van der Waals surface area (Å²) in [5.74, 6) is -0.0640. The van der Waals surface area contributed by atoms with Crippen LogP contribution in [0.15, 0.2) is 17.5 Å². The standard InChI is InChI=1S/C12H15N3OS2/c1-3-10-11(18-15-14-10)12(16)13-8(2)7-9-5-4-6-17-9/h4-6,8H,3,7H2,1-2H3,(H,13,16). The van der Waals surface area contributed by atoms with E-state index in [-0.39, 0.29) is 11.9 Å². The van der Waals surface area contributed by atoms with Crippen molar-refractivity contribution < 1.29 is 4.79 Å². The molecule has 0 aromatic carbocycles. The van der Waals surface area contributed by atoms with Crippen molar-refractivity contribution in [1.29, 1.82) is 0 Å². The van der Waals surface area contributed by atoms with Gasteiger partial charge in [0.2, 0.25) is 0 Å². The number of nitrogens with one attached hydrogen (secondary N) is 1. The SMILES string of the molecule is CCc1nnsc1C(=O)NC(C)Cc1cccs1. The van der Waals surface area contributed by atoms with Crippen LogP contribution in [0.4, 0.5) is 0 Å². The average Bonchev–Trinajstić information content (AvgIpc) is 2.97. The molecule has 18 heavy (non-hydrogen) atoms. The highest BCUT2D eigenvalue weighted by Gasteiger charge is 2.17. The lowest BCUT2D eigenvalue weighted by molar-refractivity contribution is 0.0943. The second kappa shape index (κ2) is 6.06. The van der Waals surface area contributed by atoms with Crippen LogP contribution in [0.3, 0.4) is 0 Å². The monoisotopic (exact) mass is 281 g/mol. The number of hydrogen-bond acceptors (Lipinski definition) is 5. The Balaban J connectivity index is 1.95. The first-order chi connectivity index (χ1) is 8.70. The molecular formula is C12H15N3OS2. The Morgan fingerprint density at radius 2 is 2.39 bits per heavy atom. The molecule has 2 aromatic rings. The molecule has 6 heteroatoms. The highest BCUT2D eigenvalue weighted by Crippen LogP contribution is 2.13. The Labute approximate surface area is 114 Å². The number of carbonyl (C=O) groups is 1. The number of hydrogen-bond donors (Lipinski definition) is 1. The van der Waals surface area contributed by atoms with E-state index < -0.39 is 0 Å². The lowest BCUT2D eigenvalue weighted by atomic mass is 10.2. The zero-order chi connectivity index (χ0) is 13.0. The van der Waals surface area contributed by atoms with Gasteiger partial charge in [-0.1, -0.05) is 17.5 Å². The molecule has 0 aliphatic heterocycles. The van der Waals surface area contributed by atoms with Crippen molar-refractivity contribution in [2.45, 2.75) is 32.7 Å². The fourth-order valence-corrected chi connectivity index (χ4v) is 3.17. The van der Waals surface area contributed by atoms with Gasteiger partial charge in [0.15, 0.2) is 0 Å². The fraction of sp³-hybridized carbons (Fsp3) is 0.417. The molecule has 1 unspecified atom stereocenters. The molecule has 2 rings (SSSR count). The van der Waals surface area contributed by atoms with Crippen molar-refractivity contribution in [2.75, 3.05) is 0 Å². The zero-order valence-electron chi connectivity index (χ0n) is 10.3. The Morgan fingerprint density at radius 3 is 3.06 bits per heavy atom. The first-order valence-corrected chi connectivity index (χ1v) is 7.50. The topological polar surface area (TPSA) is 54.9 Å². The second-order valence-electron chi connectivity index (χ2n) is 4.06. The minimum absolute atomic E-state index is 0.0640. The lowest BCUT2D eigenvalue weighted by Gasteiger charge is -2.12. The molecule has 96 valence electrons. The fourth-order valence-electron chi connectivity index (χ4n) is 1.68. The number of aromatic nitrogens is 2. The Hall–Kier alpha value is -1.27. The number of nitrogens with zero attached hydrogens (tertiary/aromatic N) is 2. The number of thiophene rings is 1. The van der Waals surface area contributed by atoms with E-state index in [1.54, 1.807) is 11.3 Å². The molecule has 0 aliphatic rings. The van der Waals surface area contributed by atoms with Crippen molar-refractivity contribution in [2.24, 2.45) is 0 Å². The number of amides is 1. The van der Waals surface area contributed by atoms with Crippen molar-refractivity contribution in [3.05, 3.63) is 33.0 Å². The minimum Gasteiger partial charge on any atom is -0.348 e. The van der Waals surface area contributed by atoms with Crippen LogP contribution in [0.1, 0.15) is 34.1 Å². The van der Waals surface area contributed by atoms with E-state index in [9.17, 15) is 4.79 Å². The molecule has 2 aromatic heterocycles. The number of rotatable bonds is 5.